The van der Waals surface area contributed by atoms with Crippen molar-refractivity contribution < 1.29 is 28.6 Å². The van der Waals surface area contributed by atoms with E-state index in [0.717, 1.165) is 0 Å². The number of hydrogen-bond acceptors (Lipinski definition) is 6. The van der Waals surface area contributed by atoms with Crippen LogP contribution in [0.3, 0.4) is 0 Å². The van der Waals surface area contributed by atoms with Crippen LogP contribution in [-0.2, 0) is 28.6 Å². The van der Waals surface area contributed by atoms with E-state index in [4.69, 9.17) is 9.47 Å². The van der Waals surface area contributed by atoms with Crippen molar-refractivity contribution in [2.24, 2.45) is 0 Å². The lowest BCUT2D eigenvalue weighted by molar-refractivity contribution is -0.150. The second-order valence-corrected chi connectivity index (χ2v) is 3.80. The van der Waals surface area contributed by atoms with Crippen molar-refractivity contribution in [3.8, 4) is 0 Å². The van der Waals surface area contributed by atoms with Gasteiger partial charge < -0.3 is 14.2 Å². The van der Waals surface area contributed by atoms with E-state index in [-0.39, 0.29) is 26.1 Å². The Balaban J connectivity index is 3.51. The summed E-state index contributed by atoms with van der Waals surface area (Å²) in [6.07, 6.45) is 0.409. The van der Waals surface area contributed by atoms with Gasteiger partial charge in [0.2, 0.25) is 0 Å². The minimum Gasteiger partial charge on any atom is -0.466 e. The van der Waals surface area contributed by atoms with Gasteiger partial charge in [-0.2, -0.15) is 0 Å². The molecule has 19 heavy (non-hydrogen) atoms. The van der Waals surface area contributed by atoms with Crippen molar-refractivity contribution in [1.29, 1.82) is 0 Å². The average molecular weight is 272 g/mol. The lowest BCUT2D eigenvalue weighted by atomic mass is 10.3. The van der Waals surface area contributed by atoms with E-state index >= 15 is 0 Å². The highest BCUT2D eigenvalue weighted by atomic mass is 16.5. The predicted octanol–water partition coefficient (Wildman–Crippen LogP) is 1.38. The van der Waals surface area contributed by atoms with Gasteiger partial charge in [-0.1, -0.05) is 6.58 Å². The summed E-state index contributed by atoms with van der Waals surface area (Å²) >= 11 is 0. The first-order valence-corrected chi connectivity index (χ1v) is 6.11. The van der Waals surface area contributed by atoms with Gasteiger partial charge in [-0.25, -0.2) is 4.79 Å². The van der Waals surface area contributed by atoms with Crippen LogP contribution in [0.2, 0.25) is 0 Å². The smallest absolute Gasteiger partial charge is 0.333 e. The second-order valence-electron chi connectivity index (χ2n) is 3.80. The zero-order chi connectivity index (χ0) is 14.7. The number of hydrogen-bond donors (Lipinski definition) is 0. The SMILES string of the molecule is C=C(C)C(=O)OCCCOC(=O)CCC(=O)OCC. The van der Waals surface area contributed by atoms with Crippen LogP contribution in [-0.4, -0.2) is 37.7 Å². The summed E-state index contributed by atoms with van der Waals surface area (Å²) in [7, 11) is 0. The zero-order valence-electron chi connectivity index (χ0n) is 11.4. The van der Waals surface area contributed by atoms with Gasteiger partial charge >= 0.3 is 17.9 Å². The molecule has 0 aromatic rings. The summed E-state index contributed by atoms with van der Waals surface area (Å²) in [4.78, 5) is 33.2. The minimum absolute atomic E-state index is 0.00954. The van der Waals surface area contributed by atoms with E-state index in [1.807, 2.05) is 0 Å². The molecule has 0 aliphatic rings. The molecule has 0 radical (unpaired) electrons. The Hall–Kier alpha value is -1.85. The monoisotopic (exact) mass is 272 g/mol. The van der Waals surface area contributed by atoms with E-state index in [2.05, 4.69) is 11.3 Å². The molecular weight excluding hydrogens is 252 g/mol. The number of carbonyl (C=O) groups excluding carboxylic acids is 3. The largest absolute Gasteiger partial charge is 0.466 e. The number of esters is 3. The third kappa shape index (κ3) is 9.82. The summed E-state index contributed by atoms with van der Waals surface area (Å²) in [5, 5.41) is 0. The van der Waals surface area contributed by atoms with Gasteiger partial charge in [-0.3, -0.25) is 9.59 Å². The second kappa shape index (κ2) is 10.1. The van der Waals surface area contributed by atoms with Crippen LogP contribution in [0.5, 0.6) is 0 Å². The van der Waals surface area contributed by atoms with Crippen LogP contribution in [0.4, 0.5) is 0 Å². The van der Waals surface area contributed by atoms with Crippen molar-refractivity contribution in [3.05, 3.63) is 12.2 Å². The first-order chi connectivity index (χ1) is 8.97. The molecule has 0 saturated carbocycles. The Morgan fingerprint density at radius 1 is 0.947 bits per heavy atom. The Morgan fingerprint density at radius 2 is 1.47 bits per heavy atom. The fourth-order valence-corrected chi connectivity index (χ4v) is 1.04. The number of ether oxygens (including phenoxy) is 3. The molecule has 0 saturated heterocycles. The summed E-state index contributed by atoms with van der Waals surface area (Å²) in [6.45, 7) is 7.29. The first-order valence-electron chi connectivity index (χ1n) is 6.11. The molecule has 0 aromatic carbocycles. The number of rotatable bonds is 9. The minimum atomic E-state index is -0.473. The Labute approximate surface area is 112 Å². The molecule has 0 bridgehead atoms. The van der Waals surface area contributed by atoms with Crippen LogP contribution in [0, 0.1) is 0 Å². The highest BCUT2D eigenvalue weighted by Crippen LogP contribution is 1.98. The molecule has 0 aliphatic heterocycles. The molecule has 6 heteroatoms. The maximum Gasteiger partial charge on any atom is 0.333 e. The van der Waals surface area contributed by atoms with Crippen molar-refractivity contribution in [1.82, 2.24) is 0 Å². The molecule has 108 valence electrons. The summed E-state index contributed by atoms with van der Waals surface area (Å²) in [6, 6.07) is 0. The third-order valence-corrected chi connectivity index (χ3v) is 1.97. The van der Waals surface area contributed by atoms with Crippen LogP contribution >= 0.6 is 0 Å². The van der Waals surface area contributed by atoms with Gasteiger partial charge in [-0.05, 0) is 13.8 Å². The van der Waals surface area contributed by atoms with Gasteiger partial charge in [0, 0.05) is 12.0 Å². The molecule has 0 unspecified atom stereocenters. The Kier molecular flexibility index (Phi) is 9.12. The summed E-state index contributed by atoms with van der Waals surface area (Å²) < 4.78 is 14.3. The average Bonchev–Trinajstić information content (AvgIpc) is 2.36. The van der Waals surface area contributed by atoms with Gasteiger partial charge in [-0.15, -0.1) is 0 Å². The van der Waals surface area contributed by atoms with Crippen molar-refractivity contribution in [3.63, 3.8) is 0 Å². The topological polar surface area (TPSA) is 78.9 Å². The molecule has 0 spiro atoms. The maximum absolute atomic E-state index is 11.2. The van der Waals surface area contributed by atoms with E-state index in [1.165, 1.54) is 0 Å². The van der Waals surface area contributed by atoms with E-state index in [0.29, 0.717) is 18.6 Å². The summed E-state index contributed by atoms with van der Waals surface area (Å²) in [5.74, 6) is -1.36. The maximum atomic E-state index is 11.2. The first kappa shape index (κ1) is 17.2. The molecule has 0 heterocycles. The molecule has 0 N–H and O–H groups in total. The highest BCUT2D eigenvalue weighted by molar-refractivity contribution is 5.86. The molecule has 0 aliphatic carbocycles. The number of carbonyl (C=O) groups is 3. The predicted molar refractivity (Wildman–Crippen MR) is 67.2 cm³/mol. The highest BCUT2D eigenvalue weighted by Gasteiger charge is 2.08. The van der Waals surface area contributed by atoms with Crippen molar-refractivity contribution >= 4 is 17.9 Å². The summed E-state index contributed by atoms with van der Waals surface area (Å²) in [5.41, 5.74) is 0.325. The van der Waals surface area contributed by atoms with Crippen molar-refractivity contribution in [2.45, 2.75) is 33.1 Å². The van der Waals surface area contributed by atoms with E-state index in [1.54, 1.807) is 13.8 Å². The van der Waals surface area contributed by atoms with Gasteiger partial charge in [0.15, 0.2) is 0 Å². The Morgan fingerprint density at radius 3 is 2.00 bits per heavy atom. The normalized spacial score (nSPS) is 9.58. The van der Waals surface area contributed by atoms with Gasteiger partial charge in [0.05, 0.1) is 32.7 Å². The standard InChI is InChI=1S/C13H20O6/c1-4-17-11(14)6-7-12(15)18-8-5-9-19-13(16)10(2)3/h2,4-9H2,1,3H3. The molecular formula is C13H20O6. The lowest BCUT2D eigenvalue weighted by Crippen LogP contribution is -2.12. The zero-order valence-corrected chi connectivity index (χ0v) is 11.4. The fourth-order valence-electron chi connectivity index (χ4n) is 1.04. The van der Waals surface area contributed by atoms with Crippen molar-refractivity contribution in [2.75, 3.05) is 19.8 Å². The van der Waals surface area contributed by atoms with E-state index in [9.17, 15) is 14.4 Å². The van der Waals surface area contributed by atoms with Crippen LogP contribution in [0.1, 0.15) is 33.1 Å². The lowest BCUT2D eigenvalue weighted by Gasteiger charge is -2.06. The van der Waals surface area contributed by atoms with Gasteiger partial charge in [0.25, 0.3) is 0 Å². The van der Waals surface area contributed by atoms with Gasteiger partial charge in [0.1, 0.15) is 0 Å². The molecule has 0 aromatic heterocycles. The van der Waals surface area contributed by atoms with Crippen LogP contribution < -0.4 is 0 Å². The third-order valence-electron chi connectivity index (χ3n) is 1.97. The Bertz CT molecular complexity index is 334. The molecule has 0 amide bonds. The molecule has 0 rings (SSSR count). The van der Waals surface area contributed by atoms with Crippen LogP contribution in [0.15, 0.2) is 12.2 Å². The fraction of sp³-hybridized carbons (Fsp3) is 0.615. The van der Waals surface area contributed by atoms with E-state index < -0.39 is 17.9 Å². The molecule has 0 atom stereocenters. The molecule has 6 nitrogen and oxygen atoms in total. The molecule has 0 fully saturated rings. The van der Waals surface area contributed by atoms with Crippen LogP contribution in [0.25, 0.3) is 0 Å². The quantitative estimate of drug-likeness (QED) is 0.273.